The second-order valence-corrected chi connectivity index (χ2v) is 7.74. The molecular weight excluding hydrogens is 328 g/mol. The van der Waals surface area contributed by atoms with Gasteiger partial charge in [0.2, 0.25) is 10.0 Å². The third-order valence-electron chi connectivity index (χ3n) is 3.87. The predicted octanol–water partition coefficient (Wildman–Crippen LogP) is 2.38. The van der Waals surface area contributed by atoms with Crippen LogP contribution in [0.15, 0.2) is 27.6 Å². The molecule has 0 spiro atoms. The lowest BCUT2D eigenvalue weighted by Gasteiger charge is -2.14. The quantitative estimate of drug-likeness (QED) is 0.830. The average molecular weight is 347 g/mol. The molecule has 1 saturated carbocycles. The molecule has 1 fully saturated rings. The van der Waals surface area contributed by atoms with Crippen molar-refractivity contribution in [1.82, 2.24) is 4.72 Å². The minimum atomic E-state index is -3.46. The molecule has 1 aliphatic rings. The van der Waals surface area contributed by atoms with Gasteiger partial charge < -0.3 is 5.73 Å². The Balaban J connectivity index is 2.15. The van der Waals surface area contributed by atoms with Gasteiger partial charge in [-0.05, 0) is 58.3 Å². The van der Waals surface area contributed by atoms with Gasteiger partial charge in [-0.1, -0.05) is 13.0 Å². The van der Waals surface area contributed by atoms with E-state index in [4.69, 9.17) is 5.73 Å². The Bertz CT molecular complexity index is 568. The van der Waals surface area contributed by atoms with Gasteiger partial charge in [-0.3, -0.25) is 0 Å². The number of benzene rings is 1. The van der Waals surface area contributed by atoms with Crippen molar-refractivity contribution in [3.63, 3.8) is 0 Å². The van der Waals surface area contributed by atoms with E-state index in [2.05, 4.69) is 27.6 Å². The fraction of sp³-hybridized carbons (Fsp3) is 0.538. The zero-order valence-electron chi connectivity index (χ0n) is 10.9. The van der Waals surface area contributed by atoms with Crippen LogP contribution in [-0.4, -0.2) is 15.0 Å². The molecule has 2 rings (SSSR count). The molecule has 0 unspecified atom stereocenters. The first-order valence-corrected chi connectivity index (χ1v) is 8.68. The van der Waals surface area contributed by atoms with Gasteiger partial charge in [0.25, 0.3) is 0 Å². The summed E-state index contributed by atoms with van der Waals surface area (Å²) in [5.74, 6) is 0. The Labute approximate surface area is 122 Å². The van der Waals surface area contributed by atoms with Crippen molar-refractivity contribution in [2.24, 2.45) is 11.1 Å². The van der Waals surface area contributed by atoms with Crippen LogP contribution in [0.5, 0.6) is 0 Å². The maximum Gasteiger partial charge on any atom is 0.241 e. The zero-order valence-corrected chi connectivity index (χ0v) is 13.4. The second-order valence-electron chi connectivity index (χ2n) is 5.15. The molecule has 0 aromatic heterocycles. The van der Waals surface area contributed by atoms with E-state index < -0.39 is 10.0 Å². The first kappa shape index (κ1) is 15.0. The number of rotatable bonds is 6. The second kappa shape index (κ2) is 5.52. The Morgan fingerprint density at radius 3 is 2.58 bits per heavy atom. The molecule has 0 atom stereocenters. The number of sulfonamides is 1. The van der Waals surface area contributed by atoms with E-state index in [-0.39, 0.29) is 10.3 Å². The van der Waals surface area contributed by atoms with Crippen molar-refractivity contribution < 1.29 is 8.42 Å². The SMILES string of the molecule is CCC1(CNS(=O)(=O)c2ccc(CN)cc2Br)CC1. The minimum Gasteiger partial charge on any atom is -0.326 e. The van der Waals surface area contributed by atoms with Crippen molar-refractivity contribution in [1.29, 1.82) is 0 Å². The molecule has 3 N–H and O–H groups in total. The molecule has 106 valence electrons. The summed E-state index contributed by atoms with van der Waals surface area (Å²) in [6.45, 7) is 3.02. The van der Waals surface area contributed by atoms with Gasteiger partial charge in [-0.2, -0.15) is 0 Å². The highest BCUT2D eigenvalue weighted by Gasteiger charge is 2.41. The van der Waals surface area contributed by atoms with Crippen LogP contribution in [0.3, 0.4) is 0 Å². The van der Waals surface area contributed by atoms with Crippen LogP contribution in [-0.2, 0) is 16.6 Å². The van der Waals surface area contributed by atoms with Crippen LogP contribution >= 0.6 is 15.9 Å². The molecule has 0 amide bonds. The van der Waals surface area contributed by atoms with Crippen LogP contribution in [0.25, 0.3) is 0 Å². The molecule has 0 radical (unpaired) electrons. The van der Waals surface area contributed by atoms with E-state index in [9.17, 15) is 8.42 Å². The lowest BCUT2D eigenvalue weighted by atomic mass is 10.1. The molecule has 0 heterocycles. The normalized spacial score (nSPS) is 17.4. The third-order valence-corrected chi connectivity index (χ3v) is 6.24. The van der Waals surface area contributed by atoms with E-state index in [0.717, 1.165) is 24.8 Å². The van der Waals surface area contributed by atoms with Crippen molar-refractivity contribution in [3.05, 3.63) is 28.2 Å². The molecule has 19 heavy (non-hydrogen) atoms. The standard InChI is InChI=1S/C13H19BrN2O2S/c1-2-13(5-6-13)9-16-19(17,18)12-4-3-10(8-15)7-11(12)14/h3-4,7,16H,2,5-6,8-9,15H2,1H3. The van der Waals surface area contributed by atoms with Gasteiger partial charge in [-0.25, -0.2) is 13.1 Å². The smallest absolute Gasteiger partial charge is 0.241 e. The minimum absolute atomic E-state index is 0.191. The van der Waals surface area contributed by atoms with Gasteiger partial charge in [0.15, 0.2) is 0 Å². The van der Waals surface area contributed by atoms with Crippen LogP contribution < -0.4 is 10.5 Å². The summed E-state index contributed by atoms with van der Waals surface area (Å²) in [6, 6.07) is 5.09. The maximum absolute atomic E-state index is 12.3. The highest BCUT2D eigenvalue weighted by Crippen LogP contribution is 2.48. The molecule has 1 aromatic carbocycles. The lowest BCUT2D eigenvalue weighted by Crippen LogP contribution is -2.30. The first-order valence-electron chi connectivity index (χ1n) is 6.41. The van der Waals surface area contributed by atoms with E-state index in [0.29, 0.717) is 17.6 Å². The first-order chi connectivity index (χ1) is 8.92. The largest absolute Gasteiger partial charge is 0.326 e. The molecule has 1 aliphatic carbocycles. The summed E-state index contributed by atoms with van der Waals surface area (Å²) < 4.78 is 27.8. The van der Waals surface area contributed by atoms with Gasteiger partial charge in [0.1, 0.15) is 0 Å². The van der Waals surface area contributed by atoms with Crippen LogP contribution in [0.2, 0.25) is 0 Å². The lowest BCUT2D eigenvalue weighted by molar-refractivity contribution is 0.475. The van der Waals surface area contributed by atoms with Gasteiger partial charge in [0, 0.05) is 17.6 Å². The van der Waals surface area contributed by atoms with E-state index in [1.807, 2.05) is 0 Å². The molecule has 4 nitrogen and oxygen atoms in total. The summed E-state index contributed by atoms with van der Waals surface area (Å²) in [5.41, 5.74) is 6.63. The molecule has 1 aromatic rings. The predicted molar refractivity (Wildman–Crippen MR) is 79.2 cm³/mol. The topological polar surface area (TPSA) is 72.2 Å². The van der Waals surface area contributed by atoms with Crippen LogP contribution in [0.1, 0.15) is 31.7 Å². The van der Waals surface area contributed by atoms with Gasteiger partial charge in [0.05, 0.1) is 4.90 Å². The molecule has 0 aliphatic heterocycles. The van der Waals surface area contributed by atoms with E-state index >= 15 is 0 Å². The monoisotopic (exact) mass is 346 g/mol. The fourth-order valence-electron chi connectivity index (χ4n) is 2.05. The summed E-state index contributed by atoms with van der Waals surface area (Å²) >= 11 is 3.30. The van der Waals surface area contributed by atoms with Crippen molar-refractivity contribution in [3.8, 4) is 0 Å². The Morgan fingerprint density at radius 1 is 1.42 bits per heavy atom. The van der Waals surface area contributed by atoms with Gasteiger partial charge >= 0.3 is 0 Å². The van der Waals surface area contributed by atoms with Crippen molar-refractivity contribution in [2.75, 3.05) is 6.54 Å². The maximum atomic E-state index is 12.3. The number of hydrogen-bond acceptors (Lipinski definition) is 3. The van der Waals surface area contributed by atoms with Crippen molar-refractivity contribution >= 4 is 26.0 Å². The number of hydrogen-bond donors (Lipinski definition) is 2. The fourth-order valence-corrected chi connectivity index (χ4v) is 4.33. The number of halogens is 1. The summed E-state index contributed by atoms with van der Waals surface area (Å²) in [6.07, 6.45) is 3.24. The third kappa shape index (κ3) is 3.37. The molecule has 0 saturated heterocycles. The summed E-state index contributed by atoms with van der Waals surface area (Å²) in [7, 11) is -3.46. The molecule has 6 heteroatoms. The zero-order chi connectivity index (χ0) is 14.1. The molecular formula is C13H19BrN2O2S. The van der Waals surface area contributed by atoms with Crippen LogP contribution in [0.4, 0.5) is 0 Å². The number of nitrogens with one attached hydrogen (secondary N) is 1. The van der Waals surface area contributed by atoms with Crippen molar-refractivity contribution in [2.45, 2.75) is 37.6 Å². The molecule has 0 bridgehead atoms. The number of nitrogens with two attached hydrogens (primary N) is 1. The summed E-state index contributed by atoms with van der Waals surface area (Å²) in [4.78, 5) is 0.275. The highest BCUT2D eigenvalue weighted by atomic mass is 79.9. The average Bonchev–Trinajstić information content (AvgIpc) is 3.17. The Morgan fingerprint density at radius 2 is 2.11 bits per heavy atom. The van der Waals surface area contributed by atoms with Gasteiger partial charge in [-0.15, -0.1) is 0 Å². The summed E-state index contributed by atoms with van der Waals surface area (Å²) in [5, 5.41) is 0. The van der Waals surface area contributed by atoms with E-state index in [1.54, 1.807) is 18.2 Å². The Kier molecular flexibility index (Phi) is 4.35. The van der Waals surface area contributed by atoms with E-state index in [1.165, 1.54) is 0 Å². The van der Waals surface area contributed by atoms with Crippen LogP contribution in [0, 0.1) is 5.41 Å². The highest BCUT2D eigenvalue weighted by molar-refractivity contribution is 9.10. The Hall–Kier alpha value is -0.430.